The highest BCUT2D eigenvalue weighted by Crippen LogP contribution is 2.36. The van der Waals surface area contributed by atoms with E-state index in [1.165, 1.54) is 6.07 Å². The van der Waals surface area contributed by atoms with Crippen molar-refractivity contribution < 1.29 is 4.39 Å². The summed E-state index contributed by atoms with van der Waals surface area (Å²) in [5.41, 5.74) is 5.65. The molecule has 124 valence electrons. The van der Waals surface area contributed by atoms with Crippen LogP contribution in [0.1, 0.15) is 17.8 Å². The molecule has 0 aliphatic carbocycles. The lowest BCUT2D eigenvalue weighted by atomic mass is 10.0. The predicted molar refractivity (Wildman–Crippen MR) is 94.9 cm³/mol. The average Bonchev–Trinajstić information content (AvgIpc) is 3.31. The molecule has 0 radical (unpaired) electrons. The van der Waals surface area contributed by atoms with Crippen LogP contribution in [0, 0.1) is 12.7 Å². The highest BCUT2D eigenvalue weighted by molar-refractivity contribution is 5.79. The Labute approximate surface area is 144 Å². The predicted octanol–water partition coefficient (Wildman–Crippen LogP) is 4.26. The first-order valence-electron chi connectivity index (χ1n) is 8.50. The van der Waals surface area contributed by atoms with Crippen molar-refractivity contribution in [1.29, 1.82) is 0 Å². The molecule has 0 atom stereocenters. The molecule has 1 aromatic carbocycles. The number of hydrogen-bond acceptors (Lipinski definition) is 2. The zero-order valence-corrected chi connectivity index (χ0v) is 13.9. The van der Waals surface area contributed by atoms with Gasteiger partial charge in [-0.15, -0.1) is 0 Å². The number of rotatable bonds is 2. The van der Waals surface area contributed by atoms with E-state index in [-0.39, 0.29) is 5.82 Å². The Bertz CT molecular complexity index is 1110. The molecule has 0 N–H and O–H groups in total. The second-order valence-electron chi connectivity index (χ2n) is 6.55. The summed E-state index contributed by atoms with van der Waals surface area (Å²) in [6, 6.07) is 9.33. The molecule has 4 aromatic rings. The van der Waals surface area contributed by atoms with Gasteiger partial charge in [-0.1, -0.05) is 0 Å². The number of hydrogen-bond donors (Lipinski definition) is 0. The topological polar surface area (TPSA) is 35.1 Å². The molecule has 0 saturated carbocycles. The highest BCUT2D eigenvalue weighted by atomic mass is 19.1. The van der Waals surface area contributed by atoms with Gasteiger partial charge in [-0.25, -0.2) is 14.4 Å². The van der Waals surface area contributed by atoms with Crippen LogP contribution in [-0.4, -0.2) is 18.9 Å². The number of aromatic nitrogens is 4. The van der Waals surface area contributed by atoms with Crippen LogP contribution in [0.25, 0.3) is 28.2 Å². The molecule has 0 unspecified atom stereocenters. The number of imidazole rings is 2. The van der Waals surface area contributed by atoms with Gasteiger partial charge in [-0.2, -0.15) is 0 Å². The van der Waals surface area contributed by atoms with E-state index in [0.717, 1.165) is 53.4 Å². The molecule has 0 fully saturated rings. The largest absolute Gasteiger partial charge is 0.327 e. The van der Waals surface area contributed by atoms with E-state index in [0.29, 0.717) is 5.56 Å². The zero-order valence-electron chi connectivity index (χ0n) is 13.9. The summed E-state index contributed by atoms with van der Waals surface area (Å²) in [5, 5.41) is 0. The Hall–Kier alpha value is -2.95. The van der Waals surface area contributed by atoms with Crippen LogP contribution >= 0.6 is 0 Å². The smallest absolute Gasteiger partial charge is 0.136 e. The van der Waals surface area contributed by atoms with Crippen LogP contribution in [-0.2, 0) is 13.0 Å². The summed E-state index contributed by atoms with van der Waals surface area (Å²) in [7, 11) is 0. The maximum absolute atomic E-state index is 13.7. The van der Waals surface area contributed by atoms with Crippen LogP contribution in [0.4, 0.5) is 4.39 Å². The summed E-state index contributed by atoms with van der Waals surface area (Å²) in [6.07, 6.45) is 7.93. The molecule has 4 nitrogen and oxygen atoms in total. The summed E-state index contributed by atoms with van der Waals surface area (Å²) < 4.78 is 18.0. The minimum Gasteiger partial charge on any atom is -0.327 e. The van der Waals surface area contributed by atoms with E-state index in [9.17, 15) is 4.39 Å². The maximum Gasteiger partial charge on any atom is 0.136 e. The first-order chi connectivity index (χ1) is 12.2. The van der Waals surface area contributed by atoms with Crippen molar-refractivity contribution in [2.45, 2.75) is 26.3 Å². The third-order valence-electron chi connectivity index (χ3n) is 4.92. The van der Waals surface area contributed by atoms with Crippen molar-refractivity contribution >= 4 is 5.65 Å². The maximum atomic E-state index is 13.7. The molecule has 0 amide bonds. The molecule has 0 bridgehead atoms. The minimum atomic E-state index is -0.183. The van der Waals surface area contributed by atoms with E-state index in [1.54, 1.807) is 13.1 Å². The molecule has 1 aliphatic heterocycles. The minimum absolute atomic E-state index is 0.183. The van der Waals surface area contributed by atoms with Gasteiger partial charge in [0.1, 0.15) is 17.3 Å². The molecule has 0 spiro atoms. The van der Waals surface area contributed by atoms with Gasteiger partial charge < -0.3 is 8.97 Å². The Morgan fingerprint density at radius 3 is 2.88 bits per heavy atom. The quantitative estimate of drug-likeness (QED) is 0.550. The van der Waals surface area contributed by atoms with E-state index in [4.69, 9.17) is 4.98 Å². The van der Waals surface area contributed by atoms with Gasteiger partial charge in [0, 0.05) is 42.7 Å². The van der Waals surface area contributed by atoms with Crippen molar-refractivity contribution in [2.24, 2.45) is 0 Å². The first-order valence-corrected chi connectivity index (χ1v) is 8.50. The van der Waals surface area contributed by atoms with Crippen LogP contribution in [0.5, 0.6) is 0 Å². The van der Waals surface area contributed by atoms with Gasteiger partial charge in [-0.05, 0) is 49.2 Å². The fraction of sp³-hybridized carbons (Fsp3) is 0.200. The summed E-state index contributed by atoms with van der Waals surface area (Å²) in [4.78, 5) is 9.21. The fourth-order valence-corrected chi connectivity index (χ4v) is 3.67. The van der Waals surface area contributed by atoms with Gasteiger partial charge in [0.05, 0.1) is 11.4 Å². The van der Waals surface area contributed by atoms with Crippen LogP contribution in [0.2, 0.25) is 0 Å². The lowest BCUT2D eigenvalue weighted by Crippen LogP contribution is -1.98. The molecule has 4 heterocycles. The van der Waals surface area contributed by atoms with Crippen LogP contribution < -0.4 is 0 Å². The number of fused-ring (bicyclic) bond motifs is 2. The van der Waals surface area contributed by atoms with Crippen molar-refractivity contribution in [3.8, 4) is 22.5 Å². The number of pyridine rings is 1. The van der Waals surface area contributed by atoms with Gasteiger partial charge in [0.25, 0.3) is 0 Å². The van der Waals surface area contributed by atoms with Crippen molar-refractivity contribution in [3.63, 3.8) is 0 Å². The fourth-order valence-electron chi connectivity index (χ4n) is 3.67. The normalized spacial score (nSPS) is 13.5. The molecule has 3 aromatic heterocycles. The first kappa shape index (κ1) is 14.4. The molecular weight excluding hydrogens is 315 g/mol. The summed E-state index contributed by atoms with van der Waals surface area (Å²) in [5.74, 6) is 0.926. The number of aryl methyl sites for hydroxylation is 2. The van der Waals surface area contributed by atoms with Gasteiger partial charge in [0.2, 0.25) is 0 Å². The second-order valence-corrected chi connectivity index (χ2v) is 6.55. The number of nitrogens with zero attached hydrogens (tertiary/aromatic N) is 4. The average molecular weight is 332 g/mol. The van der Waals surface area contributed by atoms with Crippen molar-refractivity contribution in [2.75, 3.05) is 0 Å². The Kier molecular flexibility index (Phi) is 3.04. The van der Waals surface area contributed by atoms with Crippen molar-refractivity contribution in [1.82, 2.24) is 18.9 Å². The number of halogens is 1. The van der Waals surface area contributed by atoms with E-state index < -0.39 is 0 Å². The molecule has 0 saturated heterocycles. The second kappa shape index (κ2) is 5.28. The summed E-state index contributed by atoms with van der Waals surface area (Å²) in [6.45, 7) is 2.76. The zero-order chi connectivity index (χ0) is 17.0. The Morgan fingerprint density at radius 1 is 1.12 bits per heavy atom. The summed E-state index contributed by atoms with van der Waals surface area (Å²) >= 11 is 0. The molecular formula is C20H17FN4. The van der Waals surface area contributed by atoms with E-state index in [2.05, 4.69) is 21.8 Å². The molecule has 5 heteroatoms. The highest BCUT2D eigenvalue weighted by Gasteiger charge is 2.23. The Balaban J connectivity index is 1.76. The monoisotopic (exact) mass is 332 g/mol. The van der Waals surface area contributed by atoms with Crippen molar-refractivity contribution in [3.05, 3.63) is 66.1 Å². The standard InChI is InChI=1S/C20H17FN4/c1-13-11-14(4-6-16(13)21)19-20(25-9-2-3-18(25)23-19)15-5-7-17-22-8-10-24(17)12-15/h4-8,10-12H,2-3,9H2,1H3. The lowest BCUT2D eigenvalue weighted by Gasteiger charge is -2.10. The van der Waals surface area contributed by atoms with E-state index in [1.807, 2.05) is 28.8 Å². The molecule has 25 heavy (non-hydrogen) atoms. The van der Waals surface area contributed by atoms with Gasteiger partial charge in [0.15, 0.2) is 0 Å². The van der Waals surface area contributed by atoms with Gasteiger partial charge >= 0.3 is 0 Å². The molecule has 1 aliphatic rings. The Morgan fingerprint density at radius 2 is 2.00 bits per heavy atom. The molecule has 5 rings (SSSR count). The number of benzene rings is 1. The third kappa shape index (κ3) is 2.19. The van der Waals surface area contributed by atoms with E-state index >= 15 is 0 Å². The third-order valence-corrected chi connectivity index (χ3v) is 4.92. The SMILES string of the molecule is Cc1cc(-c2nc3n(c2-c2ccc4nccn4c2)CCC3)ccc1F. The van der Waals surface area contributed by atoms with Crippen LogP contribution in [0.3, 0.4) is 0 Å². The lowest BCUT2D eigenvalue weighted by molar-refractivity contribution is 0.619. The van der Waals surface area contributed by atoms with Gasteiger partial charge in [-0.3, -0.25) is 0 Å². The van der Waals surface area contributed by atoms with Crippen LogP contribution in [0.15, 0.2) is 48.9 Å².